The third-order valence-corrected chi connectivity index (χ3v) is 4.44. The summed E-state index contributed by atoms with van der Waals surface area (Å²) in [6.07, 6.45) is 2.84. The minimum Gasteiger partial charge on any atom is -0.314 e. The first-order valence-corrected chi connectivity index (χ1v) is 6.79. The fraction of sp³-hybridized carbons (Fsp3) is 0.600. The van der Waals surface area contributed by atoms with Crippen LogP contribution in [0, 0.1) is 5.92 Å². The summed E-state index contributed by atoms with van der Waals surface area (Å²) in [5, 5.41) is 3.57. The lowest BCUT2D eigenvalue weighted by Gasteiger charge is -2.46. The van der Waals surface area contributed by atoms with E-state index in [0.717, 1.165) is 25.6 Å². The van der Waals surface area contributed by atoms with Crippen LogP contribution in [-0.4, -0.2) is 30.1 Å². The van der Waals surface area contributed by atoms with E-state index in [1.54, 1.807) is 0 Å². The summed E-state index contributed by atoms with van der Waals surface area (Å²) in [4.78, 5) is 2.69. The van der Waals surface area contributed by atoms with Gasteiger partial charge in [-0.3, -0.25) is 4.90 Å². The monoisotopic (exact) mass is 230 g/mol. The molecule has 0 spiro atoms. The van der Waals surface area contributed by atoms with E-state index in [4.69, 9.17) is 0 Å². The van der Waals surface area contributed by atoms with Gasteiger partial charge in [-0.15, -0.1) is 0 Å². The summed E-state index contributed by atoms with van der Waals surface area (Å²) < 4.78 is 0. The lowest BCUT2D eigenvalue weighted by molar-refractivity contribution is 0.0484. The Kier molecular flexibility index (Phi) is 2.93. The number of rotatable bonds is 3. The Balaban J connectivity index is 1.75. The van der Waals surface area contributed by atoms with Crippen molar-refractivity contribution >= 4 is 0 Å². The molecular formula is C15H22N2. The van der Waals surface area contributed by atoms with Crippen LogP contribution in [0.25, 0.3) is 0 Å². The van der Waals surface area contributed by atoms with Crippen LogP contribution < -0.4 is 5.32 Å². The second kappa shape index (κ2) is 4.43. The van der Waals surface area contributed by atoms with Crippen LogP contribution >= 0.6 is 0 Å². The summed E-state index contributed by atoms with van der Waals surface area (Å²) in [5.74, 6) is 0.916. The highest BCUT2D eigenvalue weighted by Crippen LogP contribution is 2.43. The molecule has 2 heteroatoms. The highest BCUT2D eigenvalue weighted by atomic mass is 15.3. The summed E-state index contributed by atoms with van der Waals surface area (Å²) in [6, 6.07) is 10.9. The van der Waals surface area contributed by atoms with E-state index in [2.05, 4.69) is 47.5 Å². The normalized spacial score (nSPS) is 30.4. The van der Waals surface area contributed by atoms with Gasteiger partial charge in [0, 0.05) is 31.7 Å². The van der Waals surface area contributed by atoms with Crippen LogP contribution in [0.15, 0.2) is 30.3 Å². The molecule has 1 saturated carbocycles. The van der Waals surface area contributed by atoms with Gasteiger partial charge in [0.25, 0.3) is 0 Å². The molecule has 1 unspecified atom stereocenters. The maximum atomic E-state index is 3.57. The Labute approximate surface area is 104 Å². The Morgan fingerprint density at radius 3 is 2.76 bits per heavy atom. The maximum absolute atomic E-state index is 3.57. The molecule has 1 heterocycles. The van der Waals surface area contributed by atoms with Crippen LogP contribution in [0.1, 0.15) is 25.3 Å². The number of hydrogen-bond donors (Lipinski definition) is 1. The van der Waals surface area contributed by atoms with E-state index in [1.165, 1.54) is 24.9 Å². The highest BCUT2D eigenvalue weighted by molar-refractivity contribution is 5.16. The smallest absolute Gasteiger partial charge is 0.0337 e. The van der Waals surface area contributed by atoms with E-state index in [9.17, 15) is 0 Å². The van der Waals surface area contributed by atoms with E-state index < -0.39 is 0 Å². The average Bonchev–Trinajstić information content (AvgIpc) is 3.18. The van der Waals surface area contributed by atoms with Crippen LogP contribution in [0.4, 0.5) is 0 Å². The van der Waals surface area contributed by atoms with Crippen molar-refractivity contribution in [3.8, 4) is 0 Å². The predicted molar refractivity (Wildman–Crippen MR) is 70.9 cm³/mol. The molecule has 1 aliphatic heterocycles. The minimum absolute atomic E-state index is 0.383. The van der Waals surface area contributed by atoms with Crippen LogP contribution in [0.2, 0.25) is 0 Å². The molecular weight excluding hydrogens is 208 g/mol. The molecule has 1 N–H and O–H groups in total. The van der Waals surface area contributed by atoms with Gasteiger partial charge < -0.3 is 5.32 Å². The molecule has 1 saturated heterocycles. The summed E-state index contributed by atoms with van der Waals surface area (Å²) in [5.41, 5.74) is 1.83. The fourth-order valence-electron chi connectivity index (χ4n) is 3.09. The van der Waals surface area contributed by atoms with Gasteiger partial charge in [0.05, 0.1) is 0 Å². The first-order valence-electron chi connectivity index (χ1n) is 6.79. The molecule has 2 nitrogen and oxygen atoms in total. The van der Waals surface area contributed by atoms with E-state index in [0.29, 0.717) is 5.54 Å². The minimum atomic E-state index is 0.383. The SMILES string of the molecule is CC1(C2CC2)CNCCN1Cc1ccccc1. The van der Waals surface area contributed by atoms with Gasteiger partial charge in [-0.25, -0.2) is 0 Å². The topological polar surface area (TPSA) is 15.3 Å². The lowest BCUT2D eigenvalue weighted by atomic mass is 9.90. The standard InChI is InChI=1S/C15H22N2/c1-15(14-7-8-14)12-16-9-10-17(15)11-13-5-3-2-4-6-13/h2-6,14,16H,7-12H2,1H3. The summed E-state index contributed by atoms with van der Waals surface area (Å²) >= 11 is 0. The first-order chi connectivity index (χ1) is 8.29. The van der Waals surface area contributed by atoms with Crippen LogP contribution in [0.3, 0.4) is 0 Å². The highest BCUT2D eigenvalue weighted by Gasteiger charge is 2.46. The Hall–Kier alpha value is -0.860. The number of hydrogen-bond acceptors (Lipinski definition) is 2. The first kappa shape index (κ1) is 11.2. The van der Waals surface area contributed by atoms with Gasteiger partial charge in [0.2, 0.25) is 0 Å². The van der Waals surface area contributed by atoms with Gasteiger partial charge in [0.15, 0.2) is 0 Å². The van der Waals surface area contributed by atoms with E-state index in [1.807, 2.05) is 0 Å². The van der Waals surface area contributed by atoms with Crippen molar-refractivity contribution in [2.24, 2.45) is 5.92 Å². The van der Waals surface area contributed by atoms with Crippen molar-refractivity contribution in [2.45, 2.75) is 31.8 Å². The van der Waals surface area contributed by atoms with Gasteiger partial charge in [0.1, 0.15) is 0 Å². The third kappa shape index (κ3) is 2.24. The molecule has 1 aromatic carbocycles. The van der Waals surface area contributed by atoms with Crippen molar-refractivity contribution < 1.29 is 0 Å². The molecule has 2 aliphatic rings. The van der Waals surface area contributed by atoms with Gasteiger partial charge in [-0.05, 0) is 31.2 Å². The Bertz CT molecular complexity index is 372. The molecule has 0 radical (unpaired) electrons. The predicted octanol–water partition coefficient (Wildman–Crippen LogP) is 2.26. The summed E-state index contributed by atoms with van der Waals surface area (Å²) in [6.45, 7) is 7.02. The molecule has 0 aromatic heterocycles. The number of nitrogens with zero attached hydrogens (tertiary/aromatic N) is 1. The quantitative estimate of drug-likeness (QED) is 0.857. The second-order valence-corrected chi connectivity index (χ2v) is 5.72. The zero-order chi connectivity index (χ0) is 11.7. The van der Waals surface area contributed by atoms with Crippen molar-refractivity contribution in [1.29, 1.82) is 0 Å². The number of piperazine rings is 1. The lowest BCUT2D eigenvalue weighted by Crippen LogP contribution is -2.60. The van der Waals surface area contributed by atoms with E-state index >= 15 is 0 Å². The zero-order valence-electron chi connectivity index (χ0n) is 10.7. The van der Waals surface area contributed by atoms with E-state index in [-0.39, 0.29) is 0 Å². The van der Waals surface area contributed by atoms with Gasteiger partial charge in [-0.2, -0.15) is 0 Å². The Morgan fingerprint density at radius 1 is 1.29 bits per heavy atom. The number of nitrogens with one attached hydrogen (secondary N) is 1. The van der Waals surface area contributed by atoms with Crippen molar-refractivity contribution in [1.82, 2.24) is 10.2 Å². The molecule has 3 rings (SSSR count). The molecule has 17 heavy (non-hydrogen) atoms. The molecule has 0 amide bonds. The molecule has 1 aliphatic carbocycles. The van der Waals surface area contributed by atoms with Crippen molar-refractivity contribution in [3.05, 3.63) is 35.9 Å². The molecule has 92 valence electrons. The largest absolute Gasteiger partial charge is 0.314 e. The Morgan fingerprint density at radius 2 is 2.06 bits per heavy atom. The average molecular weight is 230 g/mol. The molecule has 1 aromatic rings. The second-order valence-electron chi connectivity index (χ2n) is 5.72. The number of benzene rings is 1. The molecule has 0 bridgehead atoms. The maximum Gasteiger partial charge on any atom is 0.0337 e. The van der Waals surface area contributed by atoms with Crippen LogP contribution in [-0.2, 0) is 6.54 Å². The molecule has 2 fully saturated rings. The zero-order valence-corrected chi connectivity index (χ0v) is 10.7. The van der Waals surface area contributed by atoms with Crippen LogP contribution in [0.5, 0.6) is 0 Å². The van der Waals surface area contributed by atoms with Gasteiger partial charge >= 0.3 is 0 Å². The fourth-order valence-corrected chi connectivity index (χ4v) is 3.09. The van der Waals surface area contributed by atoms with Crippen molar-refractivity contribution in [2.75, 3.05) is 19.6 Å². The van der Waals surface area contributed by atoms with Gasteiger partial charge in [-0.1, -0.05) is 30.3 Å². The van der Waals surface area contributed by atoms with Crippen molar-refractivity contribution in [3.63, 3.8) is 0 Å². The third-order valence-electron chi connectivity index (χ3n) is 4.44. The summed E-state index contributed by atoms with van der Waals surface area (Å²) in [7, 11) is 0. The molecule has 1 atom stereocenters.